The molecule has 1 aliphatic heterocycles. The second-order valence-electron chi connectivity index (χ2n) is 5.38. The SMILES string of the molecule is Cc1nc(C(C)C)c2c(c1C)OCN2C(C)C. The van der Waals surface area contributed by atoms with Gasteiger partial charge in [-0.15, -0.1) is 0 Å². The lowest BCUT2D eigenvalue weighted by atomic mass is 10.0. The van der Waals surface area contributed by atoms with Gasteiger partial charge in [-0.25, -0.2) is 0 Å². The number of nitrogens with zero attached hydrogens (tertiary/aromatic N) is 2. The number of aromatic nitrogens is 1. The van der Waals surface area contributed by atoms with Crippen molar-refractivity contribution in [3.05, 3.63) is 17.0 Å². The molecule has 3 heteroatoms. The molecule has 1 aromatic heterocycles. The lowest BCUT2D eigenvalue weighted by Crippen LogP contribution is -2.30. The van der Waals surface area contributed by atoms with Crippen LogP contribution in [-0.2, 0) is 0 Å². The third kappa shape index (κ3) is 1.88. The summed E-state index contributed by atoms with van der Waals surface area (Å²) in [4.78, 5) is 7.05. The van der Waals surface area contributed by atoms with E-state index in [0.717, 1.165) is 17.1 Å². The number of hydrogen-bond donors (Lipinski definition) is 0. The number of aryl methyl sites for hydroxylation is 1. The zero-order chi connectivity index (χ0) is 12.7. The Balaban J connectivity index is 2.64. The largest absolute Gasteiger partial charge is 0.470 e. The summed E-state index contributed by atoms with van der Waals surface area (Å²) in [6.07, 6.45) is 0. The Hall–Kier alpha value is -1.25. The van der Waals surface area contributed by atoms with Gasteiger partial charge in [0.05, 0.1) is 5.69 Å². The minimum atomic E-state index is 0.422. The van der Waals surface area contributed by atoms with Crippen molar-refractivity contribution in [1.29, 1.82) is 0 Å². The fourth-order valence-electron chi connectivity index (χ4n) is 2.24. The van der Waals surface area contributed by atoms with E-state index in [1.165, 1.54) is 11.3 Å². The molecule has 2 rings (SSSR count). The predicted molar refractivity (Wildman–Crippen MR) is 70.9 cm³/mol. The maximum Gasteiger partial charge on any atom is 0.162 e. The lowest BCUT2D eigenvalue weighted by molar-refractivity contribution is 0.337. The van der Waals surface area contributed by atoms with Gasteiger partial charge in [0.25, 0.3) is 0 Å². The number of rotatable bonds is 2. The number of hydrogen-bond acceptors (Lipinski definition) is 3. The van der Waals surface area contributed by atoms with E-state index < -0.39 is 0 Å². The summed E-state index contributed by atoms with van der Waals surface area (Å²) in [7, 11) is 0. The summed E-state index contributed by atoms with van der Waals surface area (Å²) in [5.74, 6) is 1.46. The molecule has 0 radical (unpaired) electrons. The molecule has 0 amide bonds. The monoisotopic (exact) mass is 234 g/mol. The molecule has 0 aromatic carbocycles. The van der Waals surface area contributed by atoms with E-state index in [4.69, 9.17) is 9.72 Å². The Kier molecular flexibility index (Phi) is 3.02. The van der Waals surface area contributed by atoms with Crippen molar-refractivity contribution in [2.24, 2.45) is 0 Å². The third-order valence-electron chi connectivity index (χ3n) is 3.43. The number of pyridine rings is 1. The smallest absolute Gasteiger partial charge is 0.162 e. The van der Waals surface area contributed by atoms with Crippen LogP contribution in [0.25, 0.3) is 0 Å². The molecule has 0 bridgehead atoms. The van der Waals surface area contributed by atoms with Crippen LogP contribution in [0.1, 0.15) is 50.6 Å². The first kappa shape index (κ1) is 12.2. The summed E-state index contributed by atoms with van der Waals surface area (Å²) in [5, 5.41) is 0. The molecule has 2 heterocycles. The van der Waals surface area contributed by atoms with Gasteiger partial charge in [0.1, 0.15) is 5.69 Å². The fraction of sp³-hybridized carbons (Fsp3) is 0.643. The van der Waals surface area contributed by atoms with Crippen molar-refractivity contribution >= 4 is 5.69 Å². The van der Waals surface area contributed by atoms with E-state index >= 15 is 0 Å². The molecule has 0 saturated carbocycles. The minimum absolute atomic E-state index is 0.422. The Labute approximate surface area is 104 Å². The normalized spacial score (nSPS) is 14.5. The van der Waals surface area contributed by atoms with Crippen molar-refractivity contribution in [1.82, 2.24) is 4.98 Å². The van der Waals surface area contributed by atoms with Gasteiger partial charge in [-0.05, 0) is 33.6 Å². The highest BCUT2D eigenvalue weighted by Crippen LogP contribution is 2.43. The van der Waals surface area contributed by atoms with E-state index in [1.807, 2.05) is 0 Å². The van der Waals surface area contributed by atoms with E-state index in [-0.39, 0.29) is 0 Å². The van der Waals surface area contributed by atoms with Crippen LogP contribution in [0.5, 0.6) is 5.75 Å². The average molecular weight is 234 g/mol. The zero-order valence-electron chi connectivity index (χ0n) is 11.7. The van der Waals surface area contributed by atoms with Crippen molar-refractivity contribution in [3.63, 3.8) is 0 Å². The standard InChI is InChI=1S/C14H22N2O/c1-8(2)12-13-14(10(5)11(6)15-12)17-7-16(13)9(3)4/h8-9H,7H2,1-6H3. The maximum atomic E-state index is 5.86. The number of fused-ring (bicyclic) bond motifs is 1. The lowest BCUT2D eigenvalue weighted by Gasteiger charge is -2.24. The van der Waals surface area contributed by atoms with Crippen molar-refractivity contribution in [2.75, 3.05) is 11.6 Å². The summed E-state index contributed by atoms with van der Waals surface area (Å²) in [6.45, 7) is 13.6. The fourth-order valence-corrected chi connectivity index (χ4v) is 2.24. The quantitative estimate of drug-likeness (QED) is 0.784. The molecule has 0 N–H and O–H groups in total. The summed E-state index contributed by atoms with van der Waals surface area (Å²) >= 11 is 0. The van der Waals surface area contributed by atoms with Crippen molar-refractivity contribution in [3.8, 4) is 5.75 Å². The van der Waals surface area contributed by atoms with Crippen LogP contribution in [0.2, 0.25) is 0 Å². The Morgan fingerprint density at radius 1 is 1.18 bits per heavy atom. The molecule has 1 aromatic rings. The highest BCUT2D eigenvalue weighted by molar-refractivity contribution is 5.69. The second-order valence-corrected chi connectivity index (χ2v) is 5.38. The van der Waals surface area contributed by atoms with Crippen LogP contribution in [0, 0.1) is 13.8 Å². The molecule has 94 valence electrons. The summed E-state index contributed by atoms with van der Waals surface area (Å²) in [6, 6.07) is 0.442. The third-order valence-corrected chi connectivity index (χ3v) is 3.43. The van der Waals surface area contributed by atoms with Gasteiger partial charge in [-0.2, -0.15) is 0 Å². The molecule has 0 spiro atoms. The minimum Gasteiger partial charge on any atom is -0.470 e. The van der Waals surface area contributed by atoms with Crippen LogP contribution in [0.4, 0.5) is 5.69 Å². The maximum absolute atomic E-state index is 5.86. The second kappa shape index (κ2) is 4.21. The zero-order valence-corrected chi connectivity index (χ0v) is 11.7. The van der Waals surface area contributed by atoms with E-state index in [1.54, 1.807) is 0 Å². The Morgan fingerprint density at radius 2 is 1.82 bits per heavy atom. The average Bonchev–Trinajstić information content (AvgIpc) is 2.67. The first-order valence-corrected chi connectivity index (χ1v) is 6.34. The van der Waals surface area contributed by atoms with Crippen LogP contribution in [-0.4, -0.2) is 17.8 Å². The van der Waals surface area contributed by atoms with Gasteiger partial charge < -0.3 is 9.64 Å². The molecule has 0 fully saturated rings. The highest BCUT2D eigenvalue weighted by atomic mass is 16.5. The first-order chi connectivity index (χ1) is 7.93. The Bertz CT molecular complexity index is 438. The predicted octanol–water partition coefficient (Wildman–Crippen LogP) is 3.39. The molecule has 0 aliphatic carbocycles. The number of ether oxygens (including phenoxy) is 1. The summed E-state index contributed by atoms with van der Waals surface area (Å²) < 4.78 is 5.86. The molecule has 0 atom stereocenters. The van der Waals surface area contributed by atoms with Crippen molar-refractivity contribution < 1.29 is 4.74 Å². The van der Waals surface area contributed by atoms with Gasteiger partial charge in [-0.3, -0.25) is 4.98 Å². The van der Waals surface area contributed by atoms with Crippen molar-refractivity contribution in [2.45, 2.75) is 53.5 Å². The van der Waals surface area contributed by atoms with Gasteiger partial charge in [0.2, 0.25) is 0 Å². The van der Waals surface area contributed by atoms with Gasteiger partial charge in [-0.1, -0.05) is 13.8 Å². The molecular formula is C14H22N2O. The first-order valence-electron chi connectivity index (χ1n) is 6.34. The van der Waals surface area contributed by atoms with Crippen LogP contribution < -0.4 is 9.64 Å². The molecule has 0 saturated heterocycles. The highest BCUT2D eigenvalue weighted by Gasteiger charge is 2.30. The Morgan fingerprint density at radius 3 is 2.35 bits per heavy atom. The van der Waals surface area contributed by atoms with Gasteiger partial charge in [0.15, 0.2) is 12.5 Å². The molecule has 1 aliphatic rings. The van der Waals surface area contributed by atoms with Gasteiger partial charge >= 0.3 is 0 Å². The van der Waals surface area contributed by atoms with Crippen LogP contribution in [0.3, 0.4) is 0 Å². The van der Waals surface area contributed by atoms with E-state index in [2.05, 4.69) is 46.4 Å². The number of anilines is 1. The van der Waals surface area contributed by atoms with Crippen LogP contribution >= 0.6 is 0 Å². The topological polar surface area (TPSA) is 25.4 Å². The van der Waals surface area contributed by atoms with Gasteiger partial charge in [0, 0.05) is 17.3 Å². The van der Waals surface area contributed by atoms with E-state index in [0.29, 0.717) is 18.7 Å². The summed E-state index contributed by atoms with van der Waals surface area (Å²) in [5.41, 5.74) is 4.62. The molecular weight excluding hydrogens is 212 g/mol. The molecule has 17 heavy (non-hydrogen) atoms. The molecule has 3 nitrogen and oxygen atoms in total. The molecule has 0 unspecified atom stereocenters. The van der Waals surface area contributed by atoms with Crippen LogP contribution in [0.15, 0.2) is 0 Å². The van der Waals surface area contributed by atoms with E-state index in [9.17, 15) is 0 Å².